The van der Waals surface area contributed by atoms with Gasteiger partial charge in [-0.2, -0.15) is 0 Å². The Morgan fingerprint density at radius 1 is 0.814 bits per heavy atom. The number of hydrogen-bond acceptors (Lipinski definition) is 5. The van der Waals surface area contributed by atoms with Gasteiger partial charge in [-0.3, -0.25) is 9.59 Å². The number of ether oxygens (including phenoxy) is 1. The summed E-state index contributed by atoms with van der Waals surface area (Å²) in [6, 6.07) is 19.2. The van der Waals surface area contributed by atoms with E-state index in [0.717, 1.165) is 11.1 Å². The third-order valence-corrected chi connectivity index (χ3v) is 9.59. The van der Waals surface area contributed by atoms with E-state index in [0.29, 0.717) is 27.0 Å². The van der Waals surface area contributed by atoms with Crippen molar-refractivity contribution in [1.82, 2.24) is 0 Å². The number of carboxylic acid groups (broad SMARTS) is 1. The van der Waals surface area contributed by atoms with Crippen LogP contribution in [0.15, 0.2) is 71.6 Å². The number of carbonyl (C=O) groups excluding carboxylic acids is 2. The molecule has 0 aromatic heterocycles. The third kappa shape index (κ3) is 7.34. The number of amides is 2. The van der Waals surface area contributed by atoms with Gasteiger partial charge in [-0.25, -0.2) is 4.79 Å². The van der Waals surface area contributed by atoms with E-state index in [1.54, 1.807) is 36.4 Å². The number of rotatable bonds is 9. The van der Waals surface area contributed by atoms with E-state index in [9.17, 15) is 19.5 Å². The second-order valence-electron chi connectivity index (χ2n) is 8.99. The molecular weight excluding hydrogens is 678 g/mol. The van der Waals surface area contributed by atoms with E-state index in [4.69, 9.17) is 62.7 Å². The Morgan fingerprint density at radius 3 is 2.09 bits per heavy atom. The van der Waals surface area contributed by atoms with Gasteiger partial charge in [0, 0.05) is 21.7 Å². The topological polar surface area (TPSA) is 105 Å². The second-order valence-corrected chi connectivity index (χ2v) is 12.1. The first kappa shape index (κ1) is 32.8. The number of halogens is 5. The molecule has 43 heavy (non-hydrogen) atoms. The molecule has 0 aliphatic carbocycles. The van der Waals surface area contributed by atoms with Crippen molar-refractivity contribution in [3.8, 4) is 5.75 Å². The summed E-state index contributed by atoms with van der Waals surface area (Å²) in [5.74, 6) is -2.29. The minimum absolute atomic E-state index is 0.253. The Hall–Kier alpha value is -3.11. The van der Waals surface area contributed by atoms with Gasteiger partial charge in [0.1, 0.15) is 11.0 Å². The molecule has 0 spiro atoms. The zero-order valence-electron chi connectivity index (χ0n) is 22.3. The zero-order valence-corrected chi connectivity index (χ0v) is 26.9. The van der Waals surface area contributed by atoms with Crippen LogP contribution in [0.2, 0.25) is 25.1 Å². The van der Waals surface area contributed by atoms with Crippen molar-refractivity contribution in [2.75, 3.05) is 17.7 Å². The standard InChI is InChI=1S/C30H21Cl5N2O5S/c1-14-11-19(20(42-2)13-18(14)31)37-29(39)27(15-7-4-3-5-8-15)43-17-10-6-9-16(12-17)36-28(38)21-22(30(40)41)24(33)26(35)25(34)23(21)32/h3-13,27H,1-2H3,(H,36,38)(H,37,39)(H,40,41). The number of carboxylic acids is 1. The van der Waals surface area contributed by atoms with Crippen LogP contribution in [0.4, 0.5) is 11.4 Å². The molecule has 1 unspecified atom stereocenters. The van der Waals surface area contributed by atoms with Crippen LogP contribution in [0.25, 0.3) is 0 Å². The Bertz CT molecular complexity index is 1740. The van der Waals surface area contributed by atoms with Crippen LogP contribution in [0, 0.1) is 6.92 Å². The number of nitrogens with one attached hydrogen (secondary N) is 2. The smallest absolute Gasteiger partial charge is 0.338 e. The molecule has 222 valence electrons. The fourth-order valence-electron chi connectivity index (χ4n) is 4.05. The Kier molecular flexibility index (Phi) is 10.8. The van der Waals surface area contributed by atoms with Gasteiger partial charge in [-0.15, -0.1) is 11.8 Å². The van der Waals surface area contributed by atoms with Crippen molar-refractivity contribution in [3.05, 3.63) is 114 Å². The number of hydrogen-bond donors (Lipinski definition) is 3. The van der Waals surface area contributed by atoms with Crippen molar-refractivity contribution in [2.24, 2.45) is 0 Å². The lowest BCUT2D eigenvalue weighted by atomic mass is 10.1. The van der Waals surface area contributed by atoms with Crippen LogP contribution in [-0.2, 0) is 4.79 Å². The largest absolute Gasteiger partial charge is 0.495 e. The van der Waals surface area contributed by atoms with Gasteiger partial charge in [-0.1, -0.05) is 94.4 Å². The van der Waals surface area contributed by atoms with E-state index in [1.165, 1.54) is 18.9 Å². The van der Waals surface area contributed by atoms with Gasteiger partial charge in [-0.05, 0) is 42.3 Å². The van der Waals surface area contributed by atoms with Crippen molar-refractivity contribution in [1.29, 1.82) is 0 Å². The maximum Gasteiger partial charge on any atom is 0.338 e. The Morgan fingerprint density at radius 2 is 1.47 bits per heavy atom. The molecule has 2 amide bonds. The van der Waals surface area contributed by atoms with Crippen LogP contribution in [0.3, 0.4) is 0 Å². The quantitative estimate of drug-likeness (QED) is 0.0914. The predicted octanol–water partition coefficient (Wildman–Crippen LogP) is 9.69. The van der Waals surface area contributed by atoms with E-state index in [1.807, 2.05) is 37.3 Å². The summed E-state index contributed by atoms with van der Waals surface area (Å²) >= 11 is 31.9. The van der Waals surface area contributed by atoms with Gasteiger partial charge in [0.15, 0.2) is 0 Å². The number of methoxy groups -OCH3 is 1. The summed E-state index contributed by atoms with van der Waals surface area (Å²) in [7, 11) is 1.48. The molecule has 4 aromatic carbocycles. The molecule has 0 heterocycles. The molecule has 0 aliphatic rings. The molecule has 7 nitrogen and oxygen atoms in total. The number of aryl methyl sites for hydroxylation is 1. The summed E-state index contributed by atoms with van der Waals surface area (Å²) in [5, 5.41) is 13.7. The van der Waals surface area contributed by atoms with Crippen LogP contribution in [-0.4, -0.2) is 30.0 Å². The average molecular weight is 699 g/mol. The fraction of sp³-hybridized carbons (Fsp3) is 0.100. The Labute approximate surface area is 276 Å². The third-order valence-electron chi connectivity index (χ3n) is 6.13. The van der Waals surface area contributed by atoms with Crippen LogP contribution in [0.1, 0.15) is 37.1 Å². The van der Waals surface area contributed by atoms with Crippen LogP contribution >= 0.6 is 69.8 Å². The summed E-state index contributed by atoms with van der Waals surface area (Å²) in [5.41, 5.74) is 1.22. The Balaban J connectivity index is 1.64. The monoisotopic (exact) mass is 696 g/mol. The van der Waals surface area contributed by atoms with Crippen molar-refractivity contribution in [3.63, 3.8) is 0 Å². The molecule has 3 N–H and O–H groups in total. The molecule has 0 aliphatic heterocycles. The molecule has 0 radical (unpaired) electrons. The highest BCUT2D eigenvalue weighted by atomic mass is 35.5. The average Bonchev–Trinajstić information content (AvgIpc) is 2.98. The maximum absolute atomic E-state index is 13.7. The molecule has 13 heteroatoms. The fourth-order valence-corrected chi connectivity index (χ4v) is 6.31. The highest BCUT2D eigenvalue weighted by molar-refractivity contribution is 8.00. The van der Waals surface area contributed by atoms with E-state index >= 15 is 0 Å². The summed E-state index contributed by atoms with van der Waals surface area (Å²) in [6.45, 7) is 1.82. The molecule has 0 bridgehead atoms. The first-order valence-electron chi connectivity index (χ1n) is 12.3. The minimum atomic E-state index is -1.51. The van der Waals surface area contributed by atoms with Crippen molar-refractivity contribution in [2.45, 2.75) is 17.1 Å². The second kappa shape index (κ2) is 14.1. The minimum Gasteiger partial charge on any atom is -0.495 e. The number of anilines is 2. The number of carbonyl (C=O) groups is 3. The number of benzene rings is 4. The van der Waals surface area contributed by atoms with E-state index < -0.39 is 33.3 Å². The summed E-state index contributed by atoms with van der Waals surface area (Å²) in [4.78, 5) is 39.4. The van der Waals surface area contributed by atoms with Gasteiger partial charge >= 0.3 is 5.97 Å². The number of thioether (sulfide) groups is 1. The van der Waals surface area contributed by atoms with Gasteiger partial charge in [0.25, 0.3) is 5.91 Å². The van der Waals surface area contributed by atoms with Crippen molar-refractivity contribution >= 4 is 98.9 Å². The van der Waals surface area contributed by atoms with Gasteiger partial charge in [0.05, 0.1) is 44.0 Å². The van der Waals surface area contributed by atoms with Crippen LogP contribution < -0.4 is 15.4 Å². The first-order valence-corrected chi connectivity index (χ1v) is 15.1. The zero-order chi connectivity index (χ0) is 31.4. The lowest BCUT2D eigenvalue weighted by molar-refractivity contribution is -0.115. The normalized spacial score (nSPS) is 11.5. The van der Waals surface area contributed by atoms with Crippen LogP contribution in [0.5, 0.6) is 5.75 Å². The highest BCUT2D eigenvalue weighted by Gasteiger charge is 2.29. The first-order chi connectivity index (χ1) is 20.4. The number of aromatic carboxylic acids is 1. The summed E-state index contributed by atoms with van der Waals surface area (Å²) in [6.07, 6.45) is 0. The predicted molar refractivity (Wildman–Crippen MR) is 174 cm³/mol. The van der Waals surface area contributed by atoms with E-state index in [2.05, 4.69) is 10.6 Å². The van der Waals surface area contributed by atoms with Gasteiger partial charge in [0.2, 0.25) is 5.91 Å². The van der Waals surface area contributed by atoms with E-state index in [-0.39, 0.29) is 21.0 Å². The molecule has 0 fully saturated rings. The van der Waals surface area contributed by atoms with Gasteiger partial charge < -0.3 is 20.5 Å². The molecule has 4 rings (SSSR count). The lowest BCUT2D eigenvalue weighted by Crippen LogP contribution is -2.20. The lowest BCUT2D eigenvalue weighted by Gasteiger charge is -2.19. The molecule has 1 atom stereocenters. The highest BCUT2D eigenvalue weighted by Crippen LogP contribution is 2.42. The maximum atomic E-state index is 13.7. The summed E-state index contributed by atoms with van der Waals surface area (Å²) < 4.78 is 5.41. The molecule has 0 saturated carbocycles. The molecule has 0 saturated heterocycles. The molecule has 4 aromatic rings. The van der Waals surface area contributed by atoms with Crippen molar-refractivity contribution < 1.29 is 24.2 Å². The molecular formula is C30H21Cl5N2O5S. The SMILES string of the molecule is COc1cc(Cl)c(C)cc1NC(=O)C(Sc1cccc(NC(=O)c2c(Cl)c(Cl)c(Cl)c(Cl)c2C(=O)O)c1)c1ccccc1.